The van der Waals surface area contributed by atoms with Gasteiger partial charge >= 0.3 is 0 Å². The molecule has 0 aliphatic rings. The number of nitrogens with zero attached hydrogens (tertiary/aromatic N) is 3. The summed E-state index contributed by atoms with van der Waals surface area (Å²) in [5, 5.41) is 9.63. The molecule has 5 heteroatoms. The van der Waals surface area contributed by atoms with Gasteiger partial charge in [-0.05, 0) is 35.6 Å². The van der Waals surface area contributed by atoms with Crippen molar-refractivity contribution in [3.8, 4) is 5.75 Å². The van der Waals surface area contributed by atoms with Crippen LogP contribution in [-0.2, 0) is 24.3 Å². The van der Waals surface area contributed by atoms with E-state index in [0.717, 1.165) is 29.0 Å². The van der Waals surface area contributed by atoms with E-state index in [2.05, 4.69) is 66.7 Å². The maximum absolute atomic E-state index is 5.82. The average molecular weight is 382 g/mol. The van der Waals surface area contributed by atoms with Crippen molar-refractivity contribution in [2.75, 3.05) is 0 Å². The molecule has 0 spiro atoms. The number of para-hydroxylation sites is 1. The summed E-state index contributed by atoms with van der Waals surface area (Å²) >= 11 is 1.71. The van der Waals surface area contributed by atoms with E-state index in [-0.39, 0.29) is 5.41 Å². The Labute approximate surface area is 166 Å². The zero-order valence-electron chi connectivity index (χ0n) is 16.5. The highest BCUT2D eigenvalue weighted by Crippen LogP contribution is 2.26. The van der Waals surface area contributed by atoms with Gasteiger partial charge in [0.25, 0.3) is 0 Å². The van der Waals surface area contributed by atoms with Crippen molar-refractivity contribution < 1.29 is 4.74 Å². The molecule has 4 nitrogen and oxygen atoms in total. The summed E-state index contributed by atoms with van der Waals surface area (Å²) in [6.07, 6.45) is 0. The largest absolute Gasteiger partial charge is 0.486 e. The molecule has 0 aliphatic carbocycles. The molecule has 0 fully saturated rings. The van der Waals surface area contributed by atoms with E-state index in [1.807, 2.05) is 30.3 Å². The van der Waals surface area contributed by atoms with Crippen molar-refractivity contribution in [3.05, 3.63) is 71.5 Å². The highest BCUT2D eigenvalue weighted by atomic mass is 32.2. The summed E-state index contributed by atoms with van der Waals surface area (Å²) in [5.41, 5.74) is 2.83. The minimum Gasteiger partial charge on any atom is -0.486 e. The van der Waals surface area contributed by atoms with E-state index < -0.39 is 0 Å². The van der Waals surface area contributed by atoms with Gasteiger partial charge in [0.1, 0.15) is 12.4 Å². The van der Waals surface area contributed by atoms with Crippen LogP contribution in [0.4, 0.5) is 0 Å². The fourth-order valence-electron chi connectivity index (χ4n) is 2.76. The molecule has 2 aromatic carbocycles. The monoisotopic (exact) mass is 381 g/mol. The first-order chi connectivity index (χ1) is 13.0. The molecule has 3 aromatic rings. The molecule has 0 atom stereocenters. The highest BCUT2D eigenvalue weighted by molar-refractivity contribution is 7.98. The Morgan fingerprint density at radius 2 is 1.67 bits per heavy atom. The predicted molar refractivity (Wildman–Crippen MR) is 111 cm³/mol. The lowest BCUT2D eigenvalue weighted by Crippen LogP contribution is -2.10. The first-order valence-corrected chi connectivity index (χ1v) is 10.3. The molecular weight excluding hydrogens is 354 g/mol. The maximum Gasteiger partial charge on any atom is 0.191 e. The molecule has 0 amide bonds. The summed E-state index contributed by atoms with van der Waals surface area (Å²) < 4.78 is 7.95. The summed E-state index contributed by atoms with van der Waals surface area (Å²) in [4.78, 5) is 0. The lowest BCUT2D eigenvalue weighted by Gasteiger charge is -2.19. The highest BCUT2D eigenvalue weighted by Gasteiger charge is 2.14. The molecule has 0 saturated carbocycles. The van der Waals surface area contributed by atoms with Gasteiger partial charge in [-0.2, -0.15) is 0 Å². The van der Waals surface area contributed by atoms with Crippen molar-refractivity contribution in [2.45, 2.75) is 57.2 Å². The summed E-state index contributed by atoms with van der Waals surface area (Å²) in [7, 11) is 0. The lowest BCUT2D eigenvalue weighted by molar-refractivity contribution is 0.288. The quantitative estimate of drug-likeness (QED) is 0.509. The zero-order valence-corrected chi connectivity index (χ0v) is 17.3. The van der Waals surface area contributed by atoms with E-state index in [9.17, 15) is 0 Å². The molecule has 0 aliphatic heterocycles. The molecule has 142 valence electrons. The Balaban J connectivity index is 1.62. The van der Waals surface area contributed by atoms with E-state index in [4.69, 9.17) is 4.74 Å². The van der Waals surface area contributed by atoms with Crippen LogP contribution in [0.2, 0.25) is 0 Å². The van der Waals surface area contributed by atoms with E-state index in [1.54, 1.807) is 11.8 Å². The smallest absolute Gasteiger partial charge is 0.191 e. The van der Waals surface area contributed by atoms with Crippen LogP contribution in [0, 0.1) is 0 Å². The van der Waals surface area contributed by atoms with Crippen LogP contribution in [0.25, 0.3) is 0 Å². The second kappa shape index (κ2) is 8.61. The Kier molecular flexibility index (Phi) is 6.22. The number of hydrogen-bond acceptors (Lipinski definition) is 4. The number of aromatic nitrogens is 3. The Bertz CT molecular complexity index is 852. The first-order valence-electron chi connectivity index (χ1n) is 9.29. The van der Waals surface area contributed by atoms with Crippen molar-refractivity contribution in [1.82, 2.24) is 14.8 Å². The molecule has 0 radical (unpaired) electrons. The van der Waals surface area contributed by atoms with Crippen molar-refractivity contribution in [3.63, 3.8) is 0 Å². The number of hydrogen-bond donors (Lipinski definition) is 0. The molecule has 1 aromatic heterocycles. The second-order valence-corrected chi connectivity index (χ2v) is 8.42. The summed E-state index contributed by atoms with van der Waals surface area (Å²) in [6, 6.07) is 18.7. The average Bonchev–Trinajstić information content (AvgIpc) is 3.07. The number of rotatable bonds is 7. The van der Waals surface area contributed by atoms with Crippen LogP contribution >= 0.6 is 11.8 Å². The third-order valence-corrected chi connectivity index (χ3v) is 5.45. The fraction of sp³-hybridized carbons (Fsp3) is 0.364. The summed E-state index contributed by atoms with van der Waals surface area (Å²) in [5.74, 6) is 2.57. The van der Waals surface area contributed by atoms with Gasteiger partial charge in [-0.15, -0.1) is 10.2 Å². The number of ether oxygens (including phenoxy) is 1. The molecule has 3 rings (SSSR count). The minimum absolute atomic E-state index is 0.182. The molecule has 0 unspecified atom stereocenters. The minimum atomic E-state index is 0.182. The van der Waals surface area contributed by atoms with Gasteiger partial charge in [-0.3, -0.25) is 0 Å². The van der Waals surface area contributed by atoms with Crippen LogP contribution in [-0.4, -0.2) is 14.8 Å². The van der Waals surface area contributed by atoms with Crippen molar-refractivity contribution in [1.29, 1.82) is 0 Å². The molecule has 27 heavy (non-hydrogen) atoms. The Morgan fingerprint density at radius 1 is 0.963 bits per heavy atom. The lowest BCUT2D eigenvalue weighted by atomic mass is 9.87. The topological polar surface area (TPSA) is 39.9 Å². The molecule has 0 bridgehead atoms. The standard InChI is InChI=1S/C22H27N3OS/c1-5-25-20(15-26-19-9-7-6-8-10-19)23-24-21(25)27-16-17-11-13-18(14-12-17)22(2,3)4/h6-14H,5,15-16H2,1-4H3. The van der Waals surface area contributed by atoms with E-state index in [1.165, 1.54) is 11.1 Å². The first kappa shape index (κ1) is 19.5. The Hall–Kier alpha value is -2.27. The van der Waals surface area contributed by atoms with Crippen molar-refractivity contribution >= 4 is 11.8 Å². The van der Waals surface area contributed by atoms with Gasteiger partial charge in [0, 0.05) is 12.3 Å². The van der Waals surface area contributed by atoms with E-state index in [0.29, 0.717) is 6.61 Å². The van der Waals surface area contributed by atoms with Crippen LogP contribution in [0.15, 0.2) is 59.8 Å². The zero-order chi connectivity index (χ0) is 19.3. The third-order valence-electron chi connectivity index (χ3n) is 4.41. The molecule has 0 saturated heterocycles. The third kappa shape index (κ3) is 5.13. The number of thioether (sulfide) groups is 1. The second-order valence-electron chi connectivity index (χ2n) is 7.48. The normalized spacial score (nSPS) is 11.6. The SMILES string of the molecule is CCn1c(COc2ccccc2)nnc1SCc1ccc(C(C)(C)C)cc1. The molecule has 0 N–H and O–H groups in total. The van der Waals surface area contributed by atoms with Crippen molar-refractivity contribution in [2.24, 2.45) is 0 Å². The van der Waals surface area contributed by atoms with Crippen LogP contribution in [0.3, 0.4) is 0 Å². The predicted octanol–water partition coefficient (Wildman–Crippen LogP) is 5.47. The van der Waals surface area contributed by atoms with Crippen LogP contribution in [0.1, 0.15) is 44.6 Å². The molecule has 1 heterocycles. The van der Waals surface area contributed by atoms with Crippen LogP contribution in [0.5, 0.6) is 5.75 Å². The molecular formula is C22H27N3OS. The van der Waals surface area contributed by atoms with Gasteiger partial charge in [-0.25, -0.2) is 0 Å². The number of benzene rings is 2. The van der Waals surface area contributed by atoms with Gasteiger partial charge in [0.15, 0.2) is 11.0 Å². The maximum atomic E-state index is 5.82. The Morgan fingerprint density at radius 3 is 2.30 bits per heavy atom. The summed E-state index contributed by atoms with van der Waals surface area (Å²) in [6.45, 7) is 10.1. The van der Waals surface area contributed by atoms with Gasteiger partial charge in [0.05, 0.1) is 0 Å². The van der Waals surface area contributed by atoms with Gasteiger partial charge in [-0.1, -0.05) is 75.0 Å². The van der Waals surface area contributed by atoms with E-state index >= 15 is 0 Å². The fourth-order valence-corrected chi connectivity index (χ4v) is 3.74. The van der Waals surface area contributed by atoms with Crippen LogP contribution < -0.4 is 4.74 Å². The van der Waals surface area contributed by atoms with Gasteiger partial charge < -0.3 is 9.30 Å². The van der Waals surface area contributed by atoms with Gasteiger partial charge in [0.2, 0.25) is 0 Å².